The van der Waals surface area contributed by atoms with Crippen molar-refractivity contribution < 1.29 is 14.3 Å². The Hall–Kier alpha value is -1.58. The lowest BCUT2D eigenvalue weighted by atomic mass is 10.0. The maximum Gasteiger partial charge on any atom is 0.312 e. The first-order chi connectivity index (χ1) is 7.31. The second-order valence-corrected chi connectivity index (χ2v) is 3.41. The Morgan fingerprint density at radius 3 is 3.40 bits per heavy atom. The molecular weight excluding hydrogens is 194 g/mol. The van der Waals surface area contributed by atoms with Gasteiger partial charge in [-0.05, 0) is 19.1 Å². The third kappa shape index (κ3) is 2.09. The molecule has 15 heavy (non-hydrogen) atoms. The van der Waals surface area contributed by atoms with Gasteiger partial charge in [-0.3, -0.25) is 9.78 Å². The zero-order valence-electron chi connectivity index (χ0n) is 8.60. The van der Waals surface area contributed by atoms with E-state index in [0.29, 0.717) is 19.6 Å². The van der Waals surface area contributed by atoms with Crippen molar-refractivity contribution in [3.63, 3.8) is 0 Å². The Morgan fingerprint density at radius 2 is 2.60 bits per heavy atom. The third-order valence-electron chi connectivity index (χ3n) is 2.35. The molecule has 0 N–H and O–H groups in total. The second kappa shape index (κ2) is 4.29. The number of rotatable bonds is 2. The summed E-state index contributed by atoms with van der Waals surface area (Å²) in [4.78, 5) is 15.7. The van der Waals surface area contributed by atoms with E-state index in [2.05, 4.69) is 4.98 Å². The first-order valence-electron chi connectivity index (χ1n) is 5.04. The third-order valence-corrected chi connectivity index (χ3v) is 2.35. The van der Waals surface area contributed by atoms with Crippen molar-refractivity contribution in [3.8, 4) is 5.75 Å². The molecule has 2 rings (SSSR count). The Balaban J connectivity index is 2.08. The molecule has 1 unspecified atom stereocenters. The normalized spacial score (nSPS) is 18.9. The Kier molecular flexibility index (Phi) is 2.85. The van der Waals surface area contributed by atoms with Crippen LogP contribution in [0.1, 0.15) is 12.6 Å². The maximum absolute atomic E-state index is 11.5. The van der Waals surface area contributed by atoms with Gasteiger partial charge in [-0.15, -0.1) is 0 Å². The van der Waals surface area contributed by atoms with E-state index >= 15 is 0 Å². The van der Waals surface area contributed by atoms with Gasteiger partial charge in [0.05, 0.1) is 18.2 Å². The van der Waals surface area contributed by atoms with E-state index in [9.17, 15) is 4.79 Å². The number of pyridine rings is 1. The van der Waals surface area contributed by atoms with E-state index in [-0.39, 0.29) is 11.9 Å². The maximum atomic E-state index is 11.5. The van der Waals surface area contributed by atoms with Gasteiger partial charge in [0, 0.05) is 12.6 Å². The molecule has 0 radical (unpaired) electrons. The zero-order chi connectivity index (χ0) is 10.7. The van der Waals surface area contributed by atoms with E-state index < -0.39 is 0 Å². The molecule has 0 saturated heterocycles. The lowest BCUT2D eigenvalue weighted by Gasteiger charge is -2.22. The summed E-state index contributed by atoms with van der Waals surface area (Å²) >= 11 is 0. The number of hydrogen-bond donors (Lipinski definition) is 0. The highest BCUT2D eigenvalue weighted by Crippen LogP contribution is 2.25. The van der Waals surface area contributed by atoms with Crippen LogP contribution >= 0.6 is 0 Å². The number of aromatic nitrogens is 1. The van der Waals surface area contributed by atoms with Crippen LogP contribution in [0.25, 0.3) is 0 Å². The molecule has 4 heteroatoms. The van der Waals surface area contributed by atoms with E-state index in [1.165, 1.54) is 0 Å². The highest BCUT2D eigenvalue weighted by atomic mass is 16.5. The van der Waals surface area contributed by atoms with Crippen LogP contribution in [0.3, 0.4) is 0 Å². The van der Waals surface area contributed by atoms with Crippen LogP contribution in [-0.2, 0) is 16.0 Å². The smallest absolute Gasteiger partial charge is 0.312 e. The fourth-order valence-corrected chi connectivity index (χ4v) is 1.60. The summed E-state index contributed by atoms with van der Waals surface area (Å²) in [6.45, 7) is 2.59. The fourth-order valence-electron chi connectivity index (χ4n) is 1.60. The highest BCUT2D eigenvalue weighted by Gasteiger charge is 2.27. The summed E-state index contributed by atoms with van der Waals surface area (Å²) in [6, 6.07) is 3.69. The van der Waals surface area contributed by atoms with Gasteiger partial charge in [-0.2, -0.15) is 0 Å². The van der Waals surface area contributed by atoms with E-state index in [1.54, 1.807) is 13.1 Å². The Bertz CT molecular complexity index is 365. The predicted molar refractivity (Wildman–Crippen MR) is 53.6 cm³/mol. The summed E-state index contributed by atoms with van der Waals surface area (Å²) in [7, 11) is 0. The van der Waals surface area contributed by atoms with Gasteiger partial charge in [0.25, 0.3) is 0 Å². The van der Waals surface area contributed by atoms with Gasteiger partial charge < -0.3 is 9.47 Å². The number of carbonyl (C=O) groups is 1. The molecule has 0 aromatic carbocycles. The minimum Gasteiger partial charge on any atom is -0.491 e. The topological polar surface area (TPSA) is 48.4 Å². The molecule has 1 aliphatic rings. The van der Waals surface area contributed by atoms with Gasteiger partial charge in [0.2, 0.25) is 0 Å². The molecular formula is C11H13NO3. The number of nitrogens with zero attached hydrogens (tertiary/aromatic N) is 1. The van der Waals surface area contributed by atoms with Gasteiger partial charge in [0.1, 0.15) is 12.4 Å². The van der Waals surface area contributed by atoms with Crippen LogP contribution in [0.5, 0.6) is 5.75 Å². The summed E-state index contributed by atoms with van der Waals surface area (Å²) < 4.78 is 10.4. The molecule has 2 heterocycles. The van der Waals surface area contributed by atoms with Crippen molar-refractivity contribution in [2.45, 2.75) is 13.3 Å². The second-order valence-electron chi connectivity index (χ2n) is 3.41. The van der Waals surface area contributed by atoms with Gasteiger partial charge in [-0.1, -0.05) is 0 Å². The van der Waals surface area contributed by atoms with E-state index in [0.717, 1.165) is 11.4 Å². The Morgan fingerprint density at radius 1 is 1.73 bits per heavy atom. The Labute approximate surface area is 88.2 Å². The molecule has 0 amide bonds. The molecule has 1 aromatic rings. The molecule has 1 aliphatic heterocycles. The summed E-state index contributed by atoms with van der Waals surface area (Å²) in [5.74, 6) is 0.360. The average molecular weight is 207 g/mol. The predicted octanol–water partition coefficient (Wildman–Crippen LogP) is 1.20. The first kappa shape index (κ1) is 9.96. The molecule has 0 spiro atoms. The van der Waals surface area contributed by atoms with Gasteiger partial charge in [0.15, 0.2) is 0 Å². The molecule has 0 saturated carbocycles. The van der Waals surface area contributed by atoms with Crippen molar-refractivity contribution in [1.82, 2.24) is 4.98 Å². The standard InChI is InChI=1S/C11H13NO3/c1-2-14-11(13)8-6-9-10(15-7-8)4-3-5-12-9/h3-5,8H,2,6-7H2,1H3. The average Bonchev–Trinajstić information content (AvgIpc) is 2.29. The summed E-state index contributed by atoms with van der Waals surface area (Å²) in [5.41, 5.74) is 0.835. The highest BCUT2D eigenvalue weighted by molar-refractivity contribution is 5.73. The zero-order valence-corrected chi connectivity index (χ0v) is 8.60. The number of fused-ring (bicyclic) bond motifs is 1. The monoisotopic (exact) mass is 207 g/mol. The number of carbonyl (C=O) groups excluding carboxylic acids is 1. The molecule has 0 fully saturated rings. The van der Waals surface area contributed by atoms with Gasteiger partial charge in [-0.25, -0.2) is 0 Å². The number of esters is 1. The van der Waals surface area contributed by atoms with Gasteiger partial charge >= 0.3 is 5.97 Å². The lowest BCUT2D eigenvalue weighted by molar-refractivity contribution is -0.149. The minimum absolute atomic E-state index is 0.200. The van der Waals surface area contributed by atoms with Crippen molar-refractivity contribution in [1.29, 1.82) is 0 Å². The largest absolute Gasteiger partial charge is 0.491 e. The first-order valence-corrected chi connectivity index (χ1v) is 5.04. The molecule has 80 valence electrons. The molecule has 0 aliphatic carbocycles. The SMILES string of the molecule is CCOC(=O)C1COc2cccnc2C1. The van der Waals surface area contributed by atoms with Crippen LogP contribution in [-0.4, -0.2) is 24.2 Å². The van der Waals surface area contributed by atoms with E-state index in [1.807, 2.05) is 12.1 Å². The summed E-state index contributed by atoms with van der Waals surface area (Å²) in [5, 5.41) is 0. The summed E-state index contributed by atoms with van der Waals surface area (Å²) in [6.07, 6.45) is 2.31. The fraction of sp³-hybridized carbons (Fsp3) is 0.455. The van der Waals surface area contributed by atoms with Crippen LogP contribution < -0.4 is 4.74 Å². The number of ether oxygens (including phenoxy) is 2. The minimum atomic E-state index is -0.215. The lowest BCUT2D eigenvalue weighted by Crippen LogP contribution is -2.30. The van der Waals surface area contributed by atoms with Crippen LogP contribution in [0.2, 0.25) is 0 Å². The molecule has 1 aromatic heterocycles. The quantitative estimate of drug-likeness (QED) is 0.683. The van der Waals surface area contributed by atoms with Crippen LogP contribution in [0, 0.1) is 5.92 Å². The van der Waals surface area contributed by atoms with Crippen molar-refractivity contribution in [3.05, 3.63) is 24.0 Å². The van der Waals surface area contributed by atoms with E-state index in [4.69, 9.17) is 9.47 Å². The molecule has 4 nitrogen and oxygen atoms in total. The van der Waals surface area contributed by atoms with Crippen molar-refractivity contribution in [2.24, 2.45) is 5.92 Å². The van der Waals surface area contributed by atoms with Crippen LogP contribution in [0.15, 0.2) is 18.3 Å². The molecule has 1 atom stereocenters. The number of hydrogen-bond acceptors (Lipinski definition) is 4. The van der Waals surface area contributed by atoms with Crippen LogP contribution in [0.4, 0.5) is 0 Å². The van der Waals surface area contributed by atoms with Crippen molar-refractivity contribution >= 4 is 5.97 Å². The van der Waals surface area contributed by atoms with Crippen molar-refractivity contribution in [2.75, 3.05) is 13.2 Å². The molecule has 0 bridgehead atoms.